The molecule has 2 nitrogen and oxygen atoms in total. The van der Waals surface area contributed by atoms with Gasteiger partial charge in [-0.2, -0.15) is 0 Å². The largest absolute Gasteiger partial charge is 0.543 e. The Kier molecular flexibility index (Phi) is 4.07. The number of ether oxygens (including phenoxy) is 1. The van der Waals surface area contributed by atoms with Crippen molar-refractivity contribution < 1.29 is 9.16 Å². The van der Waals surface area contributed by atoms with Crippen molar-refractivity contribution in [1.29, 1.82) is 0 Å². The van der Waals surface area contributed by atoms with Crippen LogP contribution in [0, 0.1) is 6.92 Å². The van der Waals surface area contributed by atoms with Gasteiger partial charge in [-0.15, -0.1) is 0 Å². The molecule has 0 atom stereocenters. The zero-order chi connectivity index (χ0) is 18.6. The molecule has 0 fully saturated rings. The van der Waals surface area contributed by atoms with Crippen molar-refractivity contribution in [3.63, 3.8) is 0 Å². The zero-order valence-electron chi connectivity index (χ0n) is 16.8. The first-order chi connectivity index (χ1) is 11.4. The van der Waals surface area contributed by atoms with Crippen LogP contribution >= 0.6 is 0 Å². The number of aryl methyl sites for hydroxylation is 1. The van der Waals surface area contributed by atoms with Crippen molar-refractivity contribution in [3.8, 4) is 22.6 Å². The molecule has 2 aromatic carbocycles. The molecule has 1 aliphatic rings. The van der Waals surface area contributed by atoms with Crippen LogP contribution in [0.5, 0.6) is 11.5 Å². The van der Waals surface area contributed by atoms with E-state index in [1.165, 1.54) is 22.3 Å². The van der Waals surface area contributed by atoms with Gasteiger partial charge in [-0.3, -0.25) is 0 Å². The first-order valence-electron chi connectivity index (χ1n) is 9.04. The van der Waals surface area contributed by atoms with Crippen LogP contribution in [0.1, 0.15) is 45.7 Å². The lowest BCUT2D eigenvalue weighted by Crippen LogP contribution is -2.44. The second-order valence-corrected chi connectivity index (χ2v) is 13.9. The van der Waals surface area contributed by atoms with Crippen LogP contribution in [0.4, 0.5) is 0 Å². The highest BCUT2D eigenvalue weighted by atomic mass is 28.4. The molecule has 0 saturated heterocycles. The molecule has 0 aliphatic carbocycles. The third-order valence-corrected chi connectivity index (χ3v) is 9.97. The van der Waals surface area contributed by atoms with Crippen molar-refractivity contribution in [3.05, 3.63) is 47.5 Å². The number of fused-ring (bicyclic) bond motifs is 3. The normalized spacial score (nSPS) is 15.8. The van der Waals surface area contributed by atoms with Crippen LogP contribution in [0.15, 0.2) is 36.4 Å². The number of rotatable bonds is 2. The minimum Gasteiger partial charge on any atom is -0.543 e. The fourth-order valence-corrected chi connectivity index (χ4v) is 4.06. The molecule has 0 N–H and O–H groups in total. The molecule has 2 aromatic rings. The SMILES string of the molecule is Cc1ccc2c(c1)OC(C)(C)c1cc(O[Si](C)(C)C(C)(C)C)ccc1-2. The Morgan fingerprint density at radius 1 is 0.960 bits per heavy atom. The lowest BCUT2D eigenvalue weighted by molar-refractivity contribution is 0.105. The summed E-state index contributed by atoms with van der Waals surface area (Å²) in [5, 5.41) is 0.180. The molecule has 3 rings (SSSR count). The molecule has 0 bridgehead atoms. The van der Waals surface area contributed by atoms with Crippen LogP contribution in [0.2, 0.25) is 18.1 Å². The monoisotopic (exact) mass is 354 g/mol. The standard InChI is InChI=1S/C22H30O2Si/c1-15-9-11-18-17-12-10-16(24-25(7,8)21(2,3)4)14-19(17)22(5,6)23-20(18)13-15/h9-14H,1-8H3. The van der Waals surface area contributed by atoms with Gasteiger partial charge in [0.1, 0.15) is 17.1 Å². The highest BCUT2D eigenvalue weighted by Gasteiger charge is 2.40. The molecule has 1 heterocycles. The molecular weight excluding hydrogens is 324 g/mol. The van der Waals surface area contributed by atoms with Crippen molar-refractivity contribution in [2.24, 2.45) is 0 Å². The average Bonchev–Trinajstić information content (AvgIpc) is 2.45. The number of hydrogen-bond acceptors (Lipinski definition) is 2. The van der Waals surface area contributed by atoms with E-state index in [4.69, 9.17) is 9.16 Å². The summed E-state index contributed by atoms with van der Waals surface area (Å²) < 4.78 is 12.9. The Bertz CT molecular complexity index is 813. The summed E-state index contributed by atoms with van der Waals surface area (Å²) in [6.07, 6.45) is 0. The van der Waals surface area contributed by atoms with Gasteiger partial charge in [0.15, 0.2) is 0 Å². The van der Waals surface area contributed by atoms with E-state index >= 15 is 0 Å². The molecule has 0 amide bonds. The molecule has 25 heavy (non-hydrogen) atoms. The Morgan fingerprint density at radius 3 is 2.24 bits per heavy atom. The minimum absolute atomic E-state index is 0.180. The second-order valence-electron chi connectivity index (χ2n) is 9.18. The predicted octanol–water partition coefficient (Wildman–Crippen LogP) is 6.67. The van der Waals surface area contributed by atoms with Crippen molar-refractivity contribution in [2.75, 3.05) is 0 Å². The van der Waals surface area contributed by atoms with E-state index in [9.17, 15) is 0 Å². The highest BCUT2D eigenvalue weighted by molar-refractivity contribution is 6.74. The van der Waals surface area contributed by atoms with E-state index in [2.05, 4.69) is 91.0 Å². The van der Waals surface area contributed by atoms with E-state index in [0.29, 0.717) is 0 Å². The van der Waals surface area contributed by atoms with Crippen molar-refractivity contribution >= 4 is 8.32 Å². The van der Waals surface area contributed by atoms with E-state index in [0.717, 1.165) is 11.5 Å². The summed E-state index contributed by atoms with van der Waals surface area (Å²) in [5.41, 5.74) is 4.45. The summed E-state index contributed by atoms with van der Waals surface area (Å²) in [5.74, 6) is 1.92. The van der Waals surface area contributed by atoms with E-state index in [1.807, 2.05) is 0 Å². The summed E-state index contributed by atoms with van der Waals surface area (Å²) in [6, 6.07) is 12.9. The first kappa shape index (κ1) is 18.1. The van der Waals surface area contributed by atoms with E-state index < -0.39 is 8.32 Å². The summed E-state index contributed by atoms with van der Waals surface area (Å²) in [7, 11) is -1.86. The van der Waals surface area contributed by atoms with Gasteiger partial charge in [0.2, 0.25) is 8.32 Å². The predicted molar refractivity (Wildman–Crippen MR) is 108 cm³/mol. The number of hydrogen-bond donors (Lipinski definition) is 0. The van der Waals surface area contributed by atoms with Crippen molar-refractivity contribution in [1.82, 2.24) is 0 Å². The number of benzene rings is 2. The quantitative estimate of drug-likeness (QED) is 0.560. The first-order valence-corrected chi connectivity index (χ1v) is 12.0. The molecule has 0 aromatic heterocycles. The maximum Gasteiger partial charge on any atom is 0.250 e. The Labute approximate surface area is 153 Å². The molecule has 0 radical (unpaired) electrons. The van der Waals surface area contributed by atoms with Crippen LogP contribution in [-0.4, -0.2) is 8.32 Å². The van der Waals surface area contributed by atoms with Crippen LogP contribution in [0.3, 0.4) is 0 Å². The van der Waals surface area contributed by atoms with Crippen LogP contribution in [0.25, 0.3) is 11.1 Å². The smallest absolute Gasteiger partial charge is 0.250 e. The third-order valence-electron chi connectivity index (χ3n) is 5.61. The third kappa shape index (κ3) is 3.22. The van der Waals surface area contributed by atoms with Gasteiger partial charge >= 0.3 is 0 Å². The van der Waals surface area contributed by atoms with E-state index in [1.54, 1.807) is 0 Å². The maximum absolute atomic E-state index is 6.52. The van der Waals surface area contributed by atoms with Gasteiger partial charge < -0.3 is 9.16 Å². The summed E-state index contributed by atoms with van der Waals surface area (Å²) in [4.78, 5) is 0. The van der Waals surface area contributed by atoms with Gasteiger partial charge in [-0.1, -0.05) is 39.0 Å². The average molecular weight is 355 g/mol. The molecule has 134 valence electrons. The molecular formula is C22H30O2Si. The lowest BCUT2D eigenvalue weighted by Gasteiger charge is -2.38. The molecule has 0 saturated carbocycles. The zero-order valence-corrected chi connectivity index (χ0v) is 17.8. The van der Waals surface area contributed by atoms with Gasteiger partial charge in [0.25, 0.3) is 0 Å². The minimum atomic E-state index is -1.86. The molecule has 0 unspecified atom stereocenters. The second kappa shape index (κ2) is 5.63. The van der Waals surface area contributed by atoms with Crippen LogP contribution < -0.4 is 9.16 Å². The van der Waals surface area contributed by atoms with Crippen LogP contribution in [-0.2, 0) is 5.60 Å². The van der Waals surface area contributed by atoms with Crippen molar-refractivity contribution in [2.45, 2.75) is 65.3 Å². The fraction of sp³-hybridized carbons (Fsp3) is 0.455. The Morgan fingerprint density at radius 2 is 1.60 bits per heavy atom. The van der Waals surface area contributed by atoms with E-state index in [-0.39, 0.29) is 10.6 Å². The topological polar surface area (TPSA) is 18.5 Å². The summed E-state index contributed by atoms with van der Waals surface area (Å²) in [6.45, 7) is 17.7. The van der Waals surface area contributed by atoms with Gasteiger partial charge in [-0.05, 0) is 68.2 Å². The van der Waals surface area contributed by atoms with Gasteiger partial charge in [-0.25, -0.2) is 0 Å². The molecule has 3 heteroatoms. The highest BCUT2D eigenvalue weighted by Crippen LogP contribution is 2.47. The molecule has 1 aliphatic heterocycles. The fourth-order valence-electron chi connectivity index (χ4n) is 3.03. The molecule has 0 spiro atoms. The Hall–Kier alpha value is -1.74. The maximum atomic E-state index is 6.52. The Balaban J connectivity index is 2.07. The summed E-state index contributed by atoms with van der Waals surface area (Å²) >= 11 is 0. The van der Waals surface area contributed by atoms with Gasteiger partial charge in [0.05, 0.1) is 0 Å². The van der Waals surface area contributed by atoms with Gasteiger partial charge in [0, 0.05) is 11.1 Å². The lowest BCUT2D eigenvalue weighted by atomic mass is 9.86.